The summed E-state index contributed by atoms with van der Waals surface area (Å²) in [5, 5.41) is 2.93. The second-order valence-electron chi connectivity index (χ2n) is 18.5. The van der Waals surface area contributed by atoms with Gasteiger partial charge in [0.05, 0.1) is 27.0 Å². The second kappa shape index (κ2) is 13.8. The van der Waals surface area contributed by atoms with Crippen LogP contribution in [0.15, 0.2) is 200 Å². The summed E-state index contributed by atoms with van der Waals surface area (Å²) in [4.78, 5) is 2.48. The van der Waals surface area contributed by atoms with Gasteiger partial charge in [-0.15, -0.1) is 0 Å². The highest BCUT2D eigenvalue weighted by atomic mass is 28.3. The topological polar surface area (TPSA) is 3.24 Å². The van der Waals surface area contributed by atoms with Crippen molar-refractivity contribution in [1.29, 1.82) is 0 Å². The van der Waals surface area contributed by atoms with Gasteiger partial charge in [-0.3, -0.25) is 0 Å². The van der Waals surface area contributed by atoms with Crippen LogP contribution in [0.4, 0.5) is 17.1 Å². The van der Waals surface area contributed by atoms with Crippen molar-refractivity contribution in [2.75, 3.05) is 4.90 Å². The summed E-state index contributed by atoms with van der Waals surface area (Å²) in [6.45, 7) is 14.6. The largest absolute Gasteiger partial charge is 0.310 e. The highest BCUT2D eigenvalue weighted by molar-refractivity contribution is 6.89. The van der Waals surface area contributed by atoms with E-state index in [1.165, 1.54) is 77.4 Å². The molecule has 10 rings (SSSR count). The molecule has 0 atom stereocenters. The zero-order valence-corrected chi connectivity index (χ0v) is 37.0. The lowest BCUT2D eigenvalue weighted by molar-refractivity contribution is 0.623. The fraction of sp³-hybridized carbons (Fsp3) is 0.143. The molecule has 1 spiro atoms. The standard InChI is InChI=1S/C56H51NSi2/c1-58(2,3)45-34-29-42(30-35-45)57(43-31-36-46(37-32-43)59(4,5)6)44-33-38-48-47-23-13-14-24-49(47)56(54(48)39-44)52-27-17-15-25-50(52)55(40-19-9-7-10-20-40,41-21-11-8-12-22-41)51-26-16-18-28-53(51)56/h7-39H,1-6H3. The van der Waals surface area contributed by atoms with E-state index in [9.17, 15) is 0 Å². The Hall–Kier alpha value is -6.01. The predicted octanol–water partition coefficient (Wildman–Crippen LogP) is 13.3. The van der Waals surface area contributed by atoms with E-state index in [0.717, 1.165) is 5.69 Å². The Morgan fingerprint density at radius 2 is 0.661 bits per heavy atom. The number of nitrogens with zero attached hydrogens (tertiary/aromatic N) is 1. The molecule has 8 aromatic carbocycles. The Morgan fingerprint density at radius 1 is 0.305 bits per heavy atom. The maximum absolute atomic E-state index is 2.53. The van der Waals surface area contributed by atoms with Crippen LogP contribution in [-0.4, -0.2) is 16.1 Å². The van der Waals surface area contributed by atoms with E-state index in [2.05, 4.69) is 244 Å². The maximum Gasteiger partial charge on any atom is 0.0775 e. The molecule has 0 fully saturated rings. The SMILES string of the molecule is C[Si](C)(C)c1ccc(N(c2ccc([Si](C)(C)C)cc2)c2ccc3c(c2)C2(c4ccccc4-3)c3ccccc3C(c3ccccc3)(c3ccccc3)c3ccccc32)cc1. The number of hydrogen-bond acceptors (Lipinski definition) is 1. The van der Waals surface area contributed by atoms with Crippen molar-refractivity contribution in [1.82, 2.24) is 0 Å². The molecule has 0 aromatic heterocycles. The molecule has 0 N–H and O–H groups in total. The van der Waals surface area contributed by atoms with Gasteiger partial charge in [-0.25, -0.2) is 0 Å². The van der Waals surface area contributed by atoms with Crippen LogP contribution in [0.25, 0.3) is 11.1 Å². The third-order valence-electron chi connectivity index (χ3n) is 13.2. The molecule has 0 unspecified atom stereocenters. The molecule has 0 heterocycles. The van der Waals surface area contributed by atoms with Crippen LogP contribution in [0.3, 0.4) is 0 Å². The Balaban J connectivity index is 1.28. The van der Waals surface area contributed by atoms with Crippen molar-refractivity contribution in [3.05, 3.63) is 245 Å². The molecule has 0 bridgehead atoms. The van der Waals surface area contributed by atoms with Gasteiger partial charge >= 0.3 is 0 Å². The van der Waals surface area contributed by atoms with Crippen molar-refractivity contribution in [2.45, 2.75) is 50.1 Å². The first-order valence-corrected chi connectivity index (χ1v) is 28.1. The van der Waals surface area contributed by atoms with Gasteiger partial charge in [0.25, 0.3) is 0 Å². The van der Waals surface area contributed by atoms with Crippen LogP contribution in [0, 0.1) is 0 Å². The number of hydrogen-bond donors (Lipinski definition) is 0. The molecule has 1 nitrogen and oxygen atoms in total. The van der Waals surface area contributed by atoms with E-state index < -0.39 is 27.0 Å². The quantitative estimate of drug-likeness (QED) is 0.145. The van der Waals surface area contributed by atoms with Crippen LogP contribution >= 0.6 is 0 Å². The van der Waals surface area contributed by atoms with Gasteiger partial charge in [0.15, 0.2) is 0 Å². The summed E-state index contributed by atoms with van der Waals surface area (Å²) in [6.07, 6.45) is 0. The molecular weight excluding hydrogens is 743 g/mol. The van der Waals surface area contributed by atoms with Crippen LogP contribution in [0.5, 0.6) is 0 Å². The van der Waals surface area contributed by atoms with Gasteiger partial charge in [-0.1, -0.05) is 213 Å². The van der Waals surface area contributed by atoms with Gasteiger partial charge < -0.3 is 4.90 Å². The molecule has 8 aromatic rings. The Kier molecular flexibility index (Phi) is 8.72. The molecule has 0 aliphatic heterocycles. The smallest absolute Gasteiger partial charge is 0.0775 e. The van der Waals surface area contributed by atoms with Crippen molar-refractivity contribution in [3.63, 3.8) is 0 Å². The molecule has 2 aliphatic rings. The van der Waals surface area contributed by atoms with Crippen molar-refractivity contribution in [2.24, 2.45) is 0 Å². The summed E-state index contributed by atoms with van der Waals surface area (Å²) >= 11 is 0. The highest BCUT2D eigenvalue weighted by Gasteiger charge is 2.56. The molecule has 2 aliphatic carbocycles. The molecule has 0 saturated carbocycles. The number of anilines is 3. The third kappa shape index (κ3) is 5.63. The zero-order chi connectivity index (χ0) is 40.6. The Labute approximate surface area is 352 Å². The van der Waals surface area contributed by atoms with Gasteiger partial charge in [-0.2, -0.15) is 0 Å². The lowest BCUT2D eigenvalue weighted by Gasteiger charge is -2.50. The van der Waals surface area contributed by atoms with E-state index in [0.29, 0.717) is 0 Å². The Bertz CT molecular complexity index is 2680. The molecule has 0 amide bonds. The van der Waals surface area contributed by atoms with Crippen molar-refractivity contribution >= 4 is 43.6 Å². The number of benzene rings is 8. The highest BCUT2D eigenvalue weighted by Crippen LogP contribution is 2.65. The fourth-order valence-electron chi connectivity index (χ4n) is 10.4. The first-order valence-electron chi connectivity index (χ1n) is 21.1. The Morgan fingerprint density at radius 3 is 1.10 bits per heavy atom. The minimum absolute atomic E-state index is 0.529. The maximum atomic E-state index is 2.53. The van der Waals surface area contributed by atoms with E-state index in [-0.39, 0.29) is 0 Å². The van der Waals surface area contributed by atoms with Crippen molar-refractivity contribution < 1.29 is 0 Å². The molecule has 59 heavy (non-hydrogen) atoms. The minimum Gasteiger partial charge on any atom is -0.310 e. The van der Waals surface area contributed by atoms with Crippen LogP contribution in [0.1, 0.15) is 44.5 Å². The summed E-state index contributed by atoms with van der Waals surface area (Å²) in [6, 6.07) is 76.4. The van der Waals surface area contributed by atoms with Gasteiger partial charge in [0.2, 0.25) is 0 Å². The molecule has 0 radical (unpaired) electrons. The molecule has 0 saturated heterocycles. The van der Waals surface area contributed by atoms with Crippen molar-refractivity contribution in [3.8, 4) is 11.1 Å². The van der Waals surface area contributed by atoms with Crippen LogP contribution in [0.2, 0.25) is 39.3 Å². The lowest BCUT2D eigenvalue weighted by Crippen LogP contribution is -2.44. The third-order valence-corrected chi connectivity index (χ3v) is 17.3. The van der Waals surface area contributed by atoms with Crippen LogP contribution < -0.4 is 15.3 Å². The van der Waals surface area contributed by atoms with E-state index >= 15 is 0 Å². The summed E-state index contributed by atoms with van der Waals surface area (Å²) in [7, 11) is -3.00. The van der Waals surface area contributed by atoms with E-state index in [4.69, 9.17) is 0 Å². The summed E-state index contributed by atoms with van der Waals surface area (Å²) < 4.78 is 0. The molecule has 3 heteroatoms. The molecule has 288 valence electrons. The monoisotopic (exact) mass is 793 g/mol. The fourth-order valence-corrected chi connectivity index (χ4v) is 12.7. The zero-order valence-electron chi connectivity index (χ0n) is 35.0. The van der Waals surface area contributed by atoms with Gasteiger partial charge in [0.1, 0.15) is 0 Å². The predicted molar refractivity (Wildman–Crippen MR) is 256 cm³/mol. The van der Waals surface area contributed by atoms with E-state index in [1.807, 2.05) is 0 Å². The van der Waals surface area contributed by atoms with Gasteiger partial charge in [-0.05, 0) is 92.0 Å². The average molecular weight is 794 g/mol. The normalized spacial score (nSPS) is 14.5. The summed E-state index contributed by atoms with van der Waals surface area (Å²) in [5.41, 5.74) is 15.6. The minimum atomic E-state index is -1.50. The summed E-state index contributed by atoms with van der Waals surface area (Å²) in [5.74, 6) is 0. The van der Waals surface area contributed by atoms with Gasteiger partial charge in [0, 0.05) is 17.1 Å². The first kappa shape index (κ1) is 37.3. The van der Waals surface area contributed by atoms with E-state index in [1.54, 1.807) is 0 Å². The first-order chi connectivity index (χ1) is 28.5. The second-order valence-corrected chi connectivity index (χ2v) is 28.7. The average Bonchev–Trinajstić information content (AvgIpc) is 3.55. The molecular formula is C56H51NSi2. The van der Waals surface area contributed by atoms with Crippen LogP contribution in [-0.2, 0) is 10.8 Å². The lowest BCUT2D eigenvalue weighted by atomic mass is 9.51. The number of rotatable bonds is 7. The number of fused-ring (bicyclic) bond motifs is 9.